The lowest BCUT2D eigenvalue weighted by molar-refractivity contribution is -0.140. The summed E-state index contributed by atoms with van der Waals surface area (Å²) in [5, 5.41) is 23.8. The molecule has 8 nitrogen and oxygen atoms in total. The average molecular weight is 629 g/mol. The van der Waals surface area contributed by atoms with Crippen molar-refractivity contribution in [3.05, 3.63) is 74.3 Å². The van der Waals surface area contributed by atoms with Gasteiger partial charge in [-0.1, -0.05) is 35.9 Å². The van der Waals surface area contributed by atoms with Crippen LogP contribution >= 0.6 is 34.2 Å². The molecule has 3 atom stereocenters. The molecule has 0 radical (unpaired) electrons. The first kappa shape index (κ1) is 28.4. The molecule has 0 saturated heterocycles. The van der Waals surface area contributed by atoms with E-state index in [0.717, 1.165) is 9.13 Å². The van der Waals surface area contributed by atoms with E-state index < -0.39 is 18.2 Å². The summed E-state index contributed by atoms with van der Waals surface area (Å²) in [6.07, 6.45) is -0.148. The molecule has 1 aliphatic carbocycles. The number of carbonyl (C=O) groups is 2. The van der Waals surface area contributed by atoms with E-state index in [0.29, 0.717) is 16.3 Å². The Balaban J connectivity index is 1.96. The second kappa shape index (κ2) is 13.9. The third kappa shape index (κ3) is 7.66. The van der Waals surface area contributed by atoms with E-state index in [1.165, 1.54) is 7.11 Å². The molecule has 3 N–H and O–H groups in total. The molecule has 0 saturated carbocycles. The van der Waals surface area contributed by atoms with Crippen LogP contribution in [0.25, 0.3) is 0 Å². The van der Waals surface area contributed by atoms with Gasteiger partial charge in [0.2, 0.25) is 11.8 Å². The first-order valence-corrected chi connectivity index (χ1v) is 13.0. The molecule has 2 aromatic carbocycles. The maximum atomic E-state index is 13.3. The maximum absolute atomic E-state index is 13.3. The second-order valence-electron chi connectivity index (χ2n) is 8.34. The minimum atomic E-state index is -1.10. The van der Waals surface area contributed by atoms with E-state index >= 15 is 0 Å². The number of amides is 2. The van der Waals surface area contributed by atoms with Crippen LogP contribution in [0, 0.1) is 3.57 Å². The molecule has 0 fully saturated rings. The summed E-state index contributed by atoms with van der Waals surface area (Å²) in [4.78, 5) is 27.7. The third-order valence-electron chi connectivity index (χ3n) is 5.82. The second-order valence-corrected chi connectivity index (χ2v) is 9.94. The van der Waals surface area contributed by atoms with Gasteiger partial charge in [-0.3, -0.25) is 9.59 Å². The molecule has 10 heteroatoms. The van der Waals surface area contributed by atoms with Crippen LogP contribution in [0.3, 0.4) is 0 Å². The monoisotopic (exact) mass is 628 g/mol. The summed E-state index contributed by atoms with van der Waals surface area (Å²) in [6, 6.07) is 13.7. The molecule has 0 bridgehead atoms. The number of rotatable bonds is 11. The van der Waals surface area contributed by atoms with Crippen molar-refractivity contribution in [1.82, 2.24) is 10.2 Å². The zero-order chi connectivity index (χ0) is 26.1. The van der Waals surface area contributed by atoms with E-state index in [4.69, 9.17) is 26.2 Å². The summed E-state index contributed by atoms with van der Waals surface area (Å²) in [5.74, 6) is -0.0434. The largest absolute Gasteiger partial charge is 0.482 e. The van der Waals surface area contributed by atoms with Gasteiger partial charge in [0.15, 0.2) is 0 Å². The Morgan fingerprint density at radius 2 is 1.92 bits per heavy atom. The number of halogens is 2. The summed E-state index contributed by atoms with van der Waals surface area (Å²) in [5.41, 5.74) is 1.20. The third-order valence-corrected chi connectivity index (χ3v) is 6.96. The number of nitrogens with zero attached hydrogens (tertiary/aromatic N) is 1. The molecule has 3 unspecified atom stereocenters. The fourth-order valence-electron chi connectivity index (χ4n) is 3.98. The minimum Gasteiger partial charge on any atom is -0.482 e. The zero-order valence-corrected chi connectivity index (χ0v) is 22.8. The van der Waals surface area contributed by atoms with E-state index in [1.807, 2.05) is 30.3 Å². The van der Waals surface area contributed by atoms with Gasteiger partial charge in [0.05, 0.1) is 29.2 Å². The maximum Gasteiger partial charge on any atom is 0.247 e. The fourth-order valence-corrected chi connectivity index (χ4v) is 4.62. The van der Waals surface area contributed by atoms with E-state index in [9.17, 15) is 14.7 Å². The van der Waals surface area contributed by atoms with Crippen LogP contribution in [0.1, 0.15) is 18.4 Å². The van der Waals surface area contributed by atoms with Crippen molar-refractivity contribution >= 4 is 46.0 Å². The van der Waals surface area contributed by atoms with Crippen LogP contribution in [-0.4, -0.2) is 72.0 Å². The van der Waals surface area contributed by atoms with Crippen LogP contribution < -0.4 is 10.1 Å². The van der Waals surface area contributed by atoms with Crippen molar-refractivity contribution < 1.29 is 29.3 Å². The van der Waals surface area contributed by atoms with Crippen LogP contribution in [0.5, 0.6) is 5.75 Å². The van der Waals surface area contributed by atoms with Crippen LogP contribution in [-0.2, 0) is 20.9 Å². The van der Waals surface area contributed by atoms with Crippen molar-refractivity contribution in [3.8, 4) is 5.75 Å². The molecule has 0 heterocycles. The highest BCUT2D eigenvalue weighted by molar-refractivity contribution is 14.1. The van der Waals surface area contributed by atoms with Gasteiger partial charge in [-0.05, 0) is 58.5 Å². The van der Waals surface area contributed by atoms with Crippen LogP contribution in [0.15, 0.2) is 60.2 Å². The highest BCUT2D eigenvalue weighted by Gasteiger charge is 2.40. The summed E-state index contributed by atoms with van der Waals surface area (Å²) < 4.78 is 12.1. The first-order valence-electron chi connectivity index (χ1n) is 11.6. The van der Waals surface area contributed by atoms with E-state index in [1.54, 1.807) is 29.2 Å². The number of carbonyl (C=O) groups excluding carboxylic acids is 2. The Kier molecular flexibility index (Phi) is 11.0. The predicted octanol–water partition coefficient (Wildman–Crippen LogP) is 2.93. The highest BCUT2D eigenvalue weighted by atomic mass is 127. The van der Waals surface area contributed by atoms with Gasteiger partial charge in [0, 0.05) is 37.2 Å². The molecule has 36 heavy (non-hydrogen) atoms. The lowest BCUT2D eigenvalue weighted by Gasteiger charge is -2.40. The molecule has 3 rings (SSSR count). The van der Waals surface area contributed by atoms with Crippen molar-refractivity contribution in [2.75, 3.05) is 26.9 Å². The van der Waals surface area contributed by atoms with Crippen molar-refractivity contribution in [2.24, 2.45) is 0 Å². The molecular weight excluding hydrogens is 599 g/mol. The van der Waals surface area contributed by atoms with Gasteiger partial charge in [-0.2, -0.15) is 0 Å². The molecule has 0 aromatic heterocycles. The van der Waals surface area contributed by atoms with E-state index in [2.05, 4.69) is 27.9 Å². The molecule has 1 aliphatic rings. The summed E-state index contributed by atoms with van der Waals surface area (Å²) >= 11 is 8.17. The predicted molar refractivity (Wildman–Crippen MR) is 145 cm³/mol. The fraction of sp³-hybridized carbons (Fsp3) is 0.385. The number of methoxy groups -OCH3 is 1. The summed E-state index contributed by atoms with van der Waals surface area (Å²) in [7, 11) is 1.52. The summed E-state index contributed by atoms with van der Waals surface area (Å²) in [6.45, 7) is 0.321. The Morgan fingerprint density at radius 1 is 1.19 bits per heavy atom. The van der Waals surface area contributed by atoms with Crippen molar-refractivity contribution in [1.29, 1.82) is 0 Å². The number of nitrogens with one attached hydrogen (secondary N) is 1. The number of hydrogen-bond donors (Lipinski definition) is 3. The van der Waals surface area contributed by atoms with Crippen LogP contribution in [0.2, 0.25) is 5.02 Å². The molecule has 194 valence electrons. The van der Waals surface area contributed by atoms with Gasteiger partial charge in [-0.15, -0.1) is 0 Å². The van der Waals surface area contributed by atoms with E-state index in [-0.39, 0.29) is 51.0 Å². The first-order chi connectivity index (χ1) is 17.3. The van der Waals surface area contributed by atoms with Gasteiger partial charge in [0.1, 0.15) is 18.0 Å². The lowest BCUT2D eigenvalue weighted by atomic mass is 9.87. The zero-order valence-electron chi connectivity index (χ0n) is 19.9. The van der Waals surface area contributed by atoms with Gasteiger partial charge < -0.3 is 29.9 Å². The number of para-hydroxylation sites is 1. The van der Waals surface area contributed by atoms with Crippen molar-refractivity contribution in [2.45, 2.75) is 37.6 Å². The number of ether oxygens (including phenoxy) is 2. The Hall–Kier alpha value is -2.18. The Labute approximate surface area is 229 Å². The number of benzene rings is 2. The normalized spacial score (nSPS) is 19.4. The minimum absolute atomic E-state index is 0.0900. The quantitative estimate of drug-likeness (QED) is 0.331. The molecular formula is C26H30ClIN2O6. The van der Waals surface area contributed by atoms with Crippen molar-refractivity contribution in [3.63, 3.8) is 0 Å². The Bertz CT molecular complexity index is 1060. The smallest absolute Gasteiger partial charge is 0.247 e. The molecule has 0 aliphatic heterocycles. The van der Waals surface area contributed by atoms with Gasteiger partial charge in [0.25, 0.3) is 0 Å². The molecule has 2 aromatic rings. The Morgan fingerprint density at radius 3 is 2.58 bits per heavy atom. The van der Waals surface area contributed by atoms with Crippen LogP contribution in [0.4, 0.5) is 0 Å². The molecule has 2 amide bonds. The molecule has 0 spiro atoms. The standard InChI is InChI=1S/C26H30ClIN2O6/c1-35-13-10-24(32)30(16-17-6-8-19(27)9-7-17)21-14-18(26(34)29-11-12-31)15-23(25(21)33)36-22-5-3-2-4-20(22)28/h2-9,15,21,23,25,31,33H,10-14,16H2,1H3,(H,29,34). The highest BCUT2D eigenvalue weighted by Crippen LogP contribution is 2.30. The number of hydrogen-bond acceptors (Lipinski definition) is 6. The number of aliphatic hydroxyl groups is 2. The SMILES string of the molecule is COCCC(=O)N(Cc1ccc(Cl)cc1)C1CC(C(=O)NCCO)=CC(Oc2ccccc2I)C1O. The number of aliphatic hydroxyl groups excluding tert-OH is 2. The van der Waals surface area contributed by atoms with Gasteiger partial charge in [-0.25, -0.2) is 0 Å². The average Bonchev–Trinajstić information content (AvgIpc) is 2.88. The van der Waals surface area contributed by atoms with Gasteiger partial charge >= 0.3 is 0 Å². The topological polar surface area (TPSA) is 108 Å². The lowest BCUT2D eigenvalue weighted by Crippen LogP contribution is -2.55.